The first-order valence-electron chi connectivity index (χ1n) is 5.21. The maximum Gasteiger partial charge on any atom is 0.141 e. The van der Waals surface area contributed by atoms with Gasteiger partial charge in [0.25, 0.3) is 0 Å². The molecule has 1 aromatic rings. The standard InChI is InChI=1S/C11H15FN2O/c12-10-5-9(6-14-7-10)11(13)8-1-3-15-4-2-8/h5-8,11H,1-4,13H2. The minimum atomic E-state index is -0.324. The molecule has 1 unspecified atom stereocenters. The van der Waals surface area contributed by atoms with Gasteiger partial charge in [-0.25, -0.2) is 4.39 Å². The van der Waals surface area contributed by atoms with Gasteiger partial charge in [0, 0.05) is 25.5 Å². The largest absolute Gasteiger partial charge is 0.381 e. The second-order valence-electron chi connectivity index (χ2n) is 3.91. The summed E-state index contributed by atoms with van der Waals surface area (Å²) in [5, 5.41) is 0. The van der Waals surface area contributed by atoms with E-state index in [1.165, 1.54) is 12.3 Å². The summed E-state index contributed by atoms with van der Waals surface area (Å²) in [5.74, 6) is 0.0531. The molecule has 0 saturated carbocycles. The number of halogens is 1. The van der Waals surface area contributed by atoms with Gasteiger partial charge in [-0.2, -0.15) is 0 Å². The third-order valence-corrected chi connectivity index (χ3v) is 2.88. The lowest BCUT2D eigenvalue weighted by atomic mass is 9.88. The third kappa shape index (κ3) is 2.52. The second-order valence-corrected chi connectivity index (χ2v) is 3.91. The molecule has 1 fully saturated rings. The molecule has 0 bridgehead atoms. The predicted octanol–water partition coefficient (Wildman–Crippen LogP) is 1.65. The van der Waals surface area contributed by atoms with E-state index in [-0.39, 0.29) is 11.9 Å². The van der Waals surface area contributed by atoms with Crippen LogP contribution in [0, 0.1) is 11.7 Å². The number of ether oxygens (including phenoxy) is 1. The molecule has 1 aliphatic heterocycles. The molecule has 0 radical (unpaired) electrons. The molecular formula is C11H15FN2O. The van der Waals surface area contributed by atoms with Gasteiger partial charge >= 0.3 is 0 Å². The molecule has 1 aromatic heterocycles. The fraction of sp³-hybridized carbons (Fsp3) is 0.545. The number of nitrogens with two attached hydrogens (primary N) is 1. The number of rotatable bonds is 2. The van der Waals surface area contributed by atoms with Gasteiger partial charge in [0.1, 0.15) is 5.82 Å². The van der Waals surface area contributed by atoms with Crippen molar-refractivity contribution in [3.63, 3.8) is 0 Å². The zero-order valence-corrected chi connectivity index (χ0v) is 8.53. The lowest BCUT2D eigenvalue weighted by molar-refractivity contribution is 0.0583. The van der Waals surface area contributed by atoms with E-state index in [4.69, 9.17) is 10.5 Å². The molecule has 0 aromatic carbocycles. The van der Waals surface area contributed by atoms with E-state index in [1.54, 1.807) is 6.20 Å². The zero-order valence-electron chi connectivity index (χ0n) is 8.53. The molecule has 4 heteroatoms. The molecule has 0 aliphatic carbocycles. The molecular weight excluding hydrogens is 195 g/mol. The fourth-order valence-electron chi connectivity index (χ4n) is 1.96. The van der Waals surface area contributed by atoms with Gasteiger partial charge in [-0.1, -0.05) is 0 Å². The summed E-state index contributed by atoms with van der Waals surface area (Å²) in [4.78, 5) is 3.81. The first-order valence-corrected chi connectivity index (χ1v) is 5.21. The van der Waals surface area contributed by atoms with Crippen molar-refractivity contribution in [3.8, 4) is 0 Å². The summed E-state index contributed by atoms with van der Waals surface area (Å²) in [6.07, 6.45) is 4.72. The molecule has 0 spiro atoms. The second kappa shape index (κ2) is 4.68. The number of hydrogen-bond acceptors (Lipinski definition) is 3. The molecule has 1 aliphatic rings. The predicted molar refractivity (Wildman–Crippen MR) is 54.7 cm³/mol. The van der Waals surface area contributed by atoms with Gasteiger partial charge in [-0.15, -0.1) is 0 Å². The fourth-order valence-corrected chi connectivity index (χ4v) is 1.96. The Morgan fingerprint density at radius 2 is 2.13 bits per heavy atom. The smallest absolute Gasteiger partial charge is 0.141 e. The Balaban J connectivity index is 2.08. The van der Waals surface area contributed by atoms with Crippen molar-refractivity contribution in [2.75, 3.05) is 13.2 Å². The number of pyridine rings is 1. The summed E-state index contributed by atoms with van der Waals surface area (Å²) < 4.78 is 18.2. The first kappa shape index (κ1) is 10.5. The molecule has 2 N–H and O–H groups in total. The van der Waals surface area contributed by atoms with Crippen LogP contribution >= 0.6 is 0 Å². The van der Waals surface area contributed by atoms with E-state index in [2.05, 4.69) is 4.98 Å². The Morgan fingerprint density at radius 3 is 2.80 bits per heavy atom. The summed E-state index contributed by atoms with van der Waals surface area (Å²) in [6, 6.07) is 1.34. The lowest BCUT2D eigenvalue weighted by Gasteiger charge is -2.27. The van der Waals surface area contributed by atoms with Crippen LogP contribution in [-0.2, 0) is 4.74 Å². The summed E-state index contributed by atoms with van der Waals surface area (Å²) in [6.45, 7) is 1.50. The molecule has 15 heavy (non-hydrogen) atoms. The summed E-state index contributed by atoms with van der Waals surface area (Å²) in [5.41, 5.74) is 6.86. The summed E-state index contributed by atoms with van der Waals surface area (Å²) >= 11 is 0. The Bertz CT molecular complexity index is 326. The van der Waals surface area contributed by atoms with Crippen LogP contribution in [0.2, 0.25) is 0 Å². The molecule has 0 amide bonds. The minimum Gasteiger partial charge on any atom is -0.381 e. The molecule has 2 heterocycles. The van der Waals surface area contributed by atoms with Crippen molar-refractivity contribution in [1.82, 2.24) is 4.98 Å². The van der Waals surface area contributed by atoms with Crippen molar-refractivity contribution in [3.05, 3.63) is 29.8 Å². The van der Waals surface area contributed by atoms with Gasteiger partial charge in [-0.05, 0) is 30.4 Å². The van der Waals surface area contributed by atoms with Gasteiger partial charge < -0.3 is 10.5 Å². The van der Waals surface area contributed by atoms with Crippen LogP contribution in [0.15, 0.2) is 18.5 Å². The first-order chi connectivity index (χ1) is 7.27. The third-order valence-electron chi connectivity index (χ3n) is 2.88. The number of hydrogen-bond donors (Lipinski definition) is 1. The Labute approximate surface area is 88.5 Å². The van der Waals surface area contributed by atoms with Crippen LogP contribution in [0.3, 0.4) is 0 Å². The van der Waals surface area contributed by atoms with Crippen LogP contribution in [0.1, 0.15) is 24.4 Å². The highest BCUT2D eigenvalue weighted by molar-refractivity contribution is 5.15. The van der Waals surface area contributed by atoms with Crippen LogP contribution in [0.4, 0.5) is 4.39 Å². The molecule has 2 rings (SSSR count). The number of aromatic nitrogens is 1. The van der Waals surface area contributed by atoms with Crippen LogP contribution in [0.25, 0.3) is 0 Å². The number of nitrogens with zero attached hydrogens (tertiary/aromatic N) is 1. The van der Waals surface area contributed by atoms with Gasteiger partial charge in [0.05, 0.1) is 6.20 Å². The van der Waals surface area contributed by atoms with E-state index >= 15 is 0 Å². The Kier molecular flexibility index (Phi) is 3.28. The van der Waals surface area contributed by atoms with E-state index in [9.17, 15) is 4.39 Å². The summed E-state index contributed by atoms with van der Waals surface area (Å²) in [7, 11) is 0. The van der Waals surface area contributed by atoms with Crippen LogP contribution < -0.4 is 5.73 Å². The highest BCUT2D eigenvalue weighted by atomic mass is 19.1. The van der Waals surface area contributed by atoms with E-state index in [1.807, 2.05) is 0 Å². The van der Waals surface area contributed by atoms with Gasteiger partial charge in [0.2, 0.25) is 0 Å². The SMILES string of the molecule is NC(c1cncc(F)c1)C1CCOCC1. The maximum absolute atomic E-state index is 13.0. The average Bonchev–Trinajstić information content (AvgIpc) is 2.29. The van der Waals surface area contributed by atoms with Crippen molar-refractivity contribution < 1.29 is 9.13 Å². The maximum atomic E-state index is 13.0. The van der Waals surface area contributed by atoms with Crippen LogP contribution in [-0.4, -0.2) is 18.2 Å². The Morgan fingerprint density at radius 1 is 1.40 bits per heavy atom. The topological polar surface area (TPSA) is 48.1 Å². The highest BCUT2D eigenvalue weighted by Crippen LogP contribution is 2.27. The van der Waals surface area contributed by atoms with E-state index in [0.29, 0.717) is 5.92 Å². The van der Waals surface area contributed by atoms with Gasteiger partial charge in [0.15, 0.2) is 0 Å². The van der Waals surface area contributed by atoms with Crippen molar-refractivity contribution in [2.45, 2.75) is 18.9 Å². The quantitative estimate of drug-likeness (QED) is 0.807. The lowest BCUT2D eigenvalue weighted by Crippen LogP contribution is -2.27. The minimum absolute atomic E-state index is 0.128. The van der Waals surface area contributed by atoms with Crippen molar-refractivity contribution >= 4 is 0 Å². The molecule has 82 valence electrons. The normalized spacial score (nSPS) is 20.1. The average molecular weight is 210 g/mol. The molecule has 1 saturated heterocycles. The van der Waals surface area contributed by atoms with E-state index < -0.39 is 0 Å². The van der Waals surface area contributed by atoms with Gasteiger partial charge in [-0.3, -0.25) is 4.98 Å². The van der Waals surface area contributed by atoms with Crippen molar-refractivity contribution in [2.24, 2.45) is 11.7 Å². The zero-order chi connectivity index (χ0) is 10.7. The van der Waals surface area contributed by atoms with Crippen LogP contribution in [0.5, 0.6) is 0 Å². The monoisotopic (exact) mass is 210 g/mol. The highest BCUT2D eigenvalue weighted by Gasteiger charge is 2.22. The molecule has 3 nitrogen and oxygen atoms in total. The van der Waals surface area contributed by atoms with Crippen molar-refractivity contribution in [1.29, 1.82) is 0 Å². The van der Waals surface area contributed by atoms with E-state index in [0.717, 1.165) is 31.6 Å². The molecule has 1 atom stereocenters. The Hall–Kier alpha value is -1.00.